The molecule has 0 bridgehead atoms. The fourth-order valence-electron chi connectivity index (χ4n) is 4.65. The summed E-state index contributed by atoms with van der Waals surface area (Å²) >= 11 is 0. The lowest BCUT2D eigenvalue weighted by molar-refractivity contribution is 0.194. The summed E-state index contributed by atoms with van der Waals surface area (Å²) in [6, 6.07) is 45.9. The van der Waals surface area contributed by atoms with Gasteiger partial charge in [-0.1, -0.05) is 115 Å². The zero-order valence-electron chi connectivity index (χ0n) is 22.0. The van der Waals surface area contributed by atoms with Gasteiger partial charge in [0.15, 0.2) is 0 Å². The van der Waals surface area contributed by atoms with E-state index in [0.29, 0.717) is 13.2 Å². The van der Waals surface area contributed by atoms with Gasteiger partial charge in [0.25, 0.3) is 0 Å². The number of urea groups is 1. The molecule has 0 aromatic heterocycles. The summed E-state index contributed by atoms with van der Waals surface area (Å²) in [5.74, 6) is 0.793. The van der Waals surface area contributed by atoms with E-state index in [4.69, 9.17) is 4.74 Å². The fraction of sp³-hybridized carbons (Fsp3) is 0.114. The molecule has 0 aliphatic carbocycles. The highest BCUT2D eigenvalue weighted by Crippen LogP contribution is 2.31. The minimum Gasteiger partial charge on any atom is -0.489 e. The maximum atomic E-state index is 13.9. The normalized spacial score (nSPS) is 10.7. The van der Waals surface area contributed by atoms with Crippen LogP contribution in [0.1, 0.15) is 33.9 Å². The molecule has 1 N–H and O–H groups in total. The van der Waals surface area contributed by atoms with Crippen molar-refractivity contribution in [2.45, 2.75) is 26.1 Å². The van der Waals surface area contributed by atoms with Crippen LogP contribution in [-0.4, -0.2) is 10.9 Å². The Labute approximate surface area is 230 Å². The molecule has 5 rings (SSSR count). The van der Waals surface area contributed by atoms with Crippen LogP contribution in [0.25, 0.3) is 0 Å². The first-order valence-electron chi connectivity index (χ1n) is 13.2. The molecule has 5 aromatic rings. The van der Waals surface area contributed by atoms with Gasteiger partial charge < -0.3 is 15.0 Å². The summed E-state index contributed by atoms with van der Waals surface area (Å²) < 4.78 is 5.98. The van der Waals surface area contributed by atoms with Gasteiger partial charge in [-0.05, 0) is 59.0 Å². The molecule has 0 unspecified atom stereocenters. The SMILES string of the molecule is Cc1cccc(NC(=O)N(Cc2ccc(OCc3ccccc3)cc2)C(c2ccccc2)c2ccccc2)c1. The zero-order chi connectivity index (χ0) is 26.9. The van der Waals surface area contributed by atoms with E-state index in [-0.39, 0.29) is 12.1 Å². The van der Waals surface area contributed by atoms with Crippen molar-refractivity contribution < 1.29 is 9.53 Å². The number of nitrogens with one attached hydrogen (secondary N) is 1. The Kier molecular flexibility index (Phi) is 8.35. The molecule has 0 aliphatic heterocycles. The van der Waals surface area contributed by atoms with Gasteiger partial charge >= 0.3 is 6.03 Å². The standard InChI is InChI=1S/C35H32N2O2/c1-27-12-11-19-32(24-27)36-35(38)37(34(30-15-7-3-8-16-30)31-17-9-4-10-18-31)25-28-20-22-33(23-21-28)39-26-29-13-5-2-6-14-29/h2-24,34H,25-26H2,1H3,(H,36,38). The van der Waals surface area contributed by atoms with Gasteiger partial charge in [0.2, 0.25) is 0 Å². The van der Waals surface area contributed by atoms with E-state index < -0.39 is 0 Å². The van der Waals surface area contributed by atoms with Crippen LogP contribution in [0.15, 0.2) is 140 Å². The quantitative estimate of drug-likeness (QED) is 0.215. The molecule has 0 saturated heterocycles. The minimum absolute atomic E-state index is 0.164. The molecule has 4 nitrogen and oxygen atoms in total. The second-order valence-electron chi connectivity index (χ2n) is 9.57. The molecule has 0 atom stereocenters. The number of anilines is 1. The van der Waals surface area contributed by atoms with Crippen molar-refractivity contribution in [2.75, 3.05) is 5.32 Å². The second-order valence-corrected chi connectivity index (χ2v) is 9.57. The van der Waals surface area contributed by atoms with E-state index in [1.165, 1.54) is 0 Å². The lowest BCUT2D eigenvalue weighted by Crippen LogP contribution is -2.38. The number of amides is 2. The van der Waals surface area contributed by atoms with Crippen molar-refractivity contribution in [1.82, 2.24) is 4.90 Å². The van der Waals surface area contributed by atoms with Crippen molar-refractivity contribution >= 4 is 11.7 Å². The summed E-state index contributed by atoms with van der Waals surface area (Å²) in [6.45, 7) is 2.95. The first kappa shape index (κ1) is 25.8. The number of hydrogen-bond donors (Lipinski definition) is 1. The number of carbonyl (C=O) groups excluding carboxylic acids is 1. The number of rotatable bonds is 9. The number of hydrogen-bond acceptors (Lipinski definition) is 2. The van der Waals surface area contributed by atoms with Gasteiger partial charge in [-0.15, -0.1) is 0 Å². The average Bonchev–Trinajstić information content (AvgIpc) is 2.98. The third-order valence-electron chi connectivity index (χ3n) is 6.60. The van der Waals surface area contributed by atoms with Gasteiger partial charge in [0.1, 0.15) is 12.4 Å². The van der Waals surface area contributed by atoms with Crippen LogP contribution in [-0.2, 0) is 13.2 Å². The van der Waals surface area contributed by atoms with Gasteiger partial charge in [0, 0.05) is 12.2 Å². The Morgan fingerprint density at radius 1 is 0.692 bits per heavy atom. The maximum absolute atomic E-state index is 13.9. The van der Waals surface area contributed by atoms with Crippen LogP contribution in [0.4, 0.5) is 10.5 Å². The number of carbonyl (C=O) groups is 1. The molecule has 2 amide bonds. The first-order valence-corrected chi connectivity index (χ1v) is 13.2. The van der Waals surface area contributed by atoms with Gasteiger partial charge in [-0.25, -0.2) is 4.79 Å². The van der Waals surface area contributed by atoms with Crippen LogP contribution in [0.3, 0.4) is 0 Å². The molecule has 194 valence electrons. The van der Waals surface area contributed by atoms with E-state index in [2.05, 4.69) is 29.6 Å². The number of benzene rings is 5. The molecule has 0 aliphatic rings. The summed E-state index contributed by atoms with van der Waals surface area (Å²) in [6.07, 6.45) is 0. The van der Waals surface area contributed by atoms with Crippen LogP contribution in [0.2, 0.25) is 0 Å². The van der Waals surface area contributed by atoms with Crippen LogP contribution in [0, 0.1) is 6.92 Å². The predicted octanol–water partition coefficient (Wildman–Crippen LogP) is 8.40. The molecule has 0 radical (unpaired) electrons. The average molecular weight is 513 g/mol. The van der Waals surface area contributed by atoms with Crippen LogP contribution in [0.5, 0.6) is 5.75 Å². The molecular weight excluding hydrogens is 480 g/mol. The van der Waals surface area contributed by atoms with Gasteiger partial charge in [-0.3, -0.25) is 0 Å². The monoisotopic (exact) mass is 512 g/mol. The Bertz CT molecular complexity index is 1430. The lowest BCUT2D eigenvalue weighted by Gasteiger charge is -2.33. The minimum atomic E-state index is -0.272. The molecular formula is C35H32N2O2. The smallest absolute Gasteiger partial charge is 0.322 e. The van der Waals surface area contributed by atoms with E-state index in [0.717, 1.165) is 39.3 Å². The van der Waals surface area contributed by atoms with Crippen LogP contribution < -0.4 is 10.1 Å². The highest BCUT2D eigenvalue weighted by Gasteiger charge is 2.27. The van der Waals surface area contributed by atoms with Crippen LogP contribution >= 0.6 is 0 Å². The lowest BCUT2D eigenvalue weighted by atomic mass is 9.96. The molecule has 39 heavy (non-hydrogen) atoms. The Morgan fingerprint density at radius 3 is 1.87 bits per heavy atom. The summed E-state index contributed by atoms with van der Waals surface area (Å²) in [5.41, 5.74) is 6.09. The molecule has 5 aromatic carbocycles. The summed E-state index contributed by atoms with van der Waals surface area (Å²) in [4.78, 5) is 15.8. The largest absolute Gasteiger partial charge is 0.489 e. The number of nitrogens with zero attached hydrogens (tertiary/aromatic N) is 1. The molecule has 0 spiro atoms. The van der Waals surface area contributed by atoms with Crippen molar-refractivity contribution in [3.63, 3.8) is 0 Å². The molecule has 0 fully saturated rings. The van der Waals surface area contributed by atoms with Crippen molar-refractivity contribution in [2.24, 2.45) is 0 Å². The number of ether oxygens (including phenoxy) is 1. The summed E-state index contributed by atoms with van der Waals surface area (Å²) in [5, 5.41) is 3.14. The molecule has 4 heteroatoms. The van der Waals surface area contributed by atoms with Crippen molar-refractivity contribution in [1.29, 1.82) is 0 Å². The third-order valence-corrected chi connectivity index (χ3v) is 6.60. The maximum Gasteiger partial charge on any atom is 0.322 e. The molecule has 0 heterocycles. The first-order chi connectivity index (χ1) is 19.2. The van der Waals surface area contributed by atoms with E-state index >= 15 is 0 Å². The number of aryl methyl sites for hydroxylation is 1. The van der Waals surface area contributed by atoms with E-state index in [1.807, 2.05) is 127 Å². The topological polar surface area (TPSA) is 41.6 Å². The third kappa shape index (κ3) is 6.93. The Balaban J connectivity index is 1.43. The summed E-state index contributed by atoms with van der Waals surface area (Å²) in [7, 11) is 0. The predicted molar refractivity (Wildman–Crippen MR) is 158 cm³/mol. The van der Waals surface area contributed by atoms with E-state index in [9.17, 15) is 4.79 Å². The fourth-order valence-corrected chi connectivity index (χ4v) is 4.65. The molecule has 0 saturated carbocycles. The van der Waals surface area contributed by atoms with Crippen molar-refractivity contribution in [3.05, 3.63) is 167 Å². The Hall–Kier alpha value is -4.83. The van der Waals surface area contributed by atoms with E-state index in [1.54, 1.807) is 0 Å². The Morgan fingerprint density at radius 2 is 1.28 bits per heavy atom. The zero-order valence-corrected chi connectivity index (χ0v) is 22.0. The van der Waals surface area contributed by atoms with Crippen molar-refractivity contribution in [3.8, 4) is 5.75 Å². The van der Waals surface area contributed by atoms with Gasteiger partial charge in [-0.2, -0.15) is 0 Å². The second kappa shape index (κ2) is 12.6. The van der Waals surface area contributed by atoms with Gasteiger partial charge in [0.05, 0.1) is 6.04 Å². The highest BCUT2D eigenvalue weighted by atomic mass is 16.5. The highest BCUT2D eigenvalue weighted by molar-refractivity contribution is 5.90.